The molecule has 3 aromatic rings. The second-order valence-corrected chi connectivity index (χ2v) is 8.68. The van der Waals surface area contributed by atoms with Crippen molar-refractivity contribution < 1.29 is 9.53 Å². The monoisotopic (exact) mass is 442 g/mol. The molecule has 162 valence electrons. The zero-order valence-electron chi connectivity index (χ0n) is 18.5. The third-order valence-electron chi connectivity index (χ3n) is 5.35. The van der Waals surface area contributed by atoms with Gasteiger partial charge in [0.2, 0.25) is 0 Å². The Labute approximate surface area is 193 Å². The molecule has 0 spiro atoms. The number of likely N-dealkylation sites (N-methyl/N-ethyl adjacent to an activating group) is 1. The molecule has 0 saturated carbocycles. The molecule has 0 unspecified atom stereocenters. The topological polar surface area (TPSA) is 41.9 Å². The first-order valence-electron chi connectivity index (χ1n) is 10.7. The summed E-state index contributed by atoms with van der Waals surface area (Å²) in [7, 11) is 0. The van der Waals surface area contributed by atoms with Crippen LogP contribution in [0.4, 0.5) is 5.69 Å². The van der Waals surface area contributed by atoms with Gasteiger partial charge in [-0.1, -0.05) is 48.5 Å². The van der Waals surface area contributed by atoms with E-state index in [0.717, 1.165) is 27.7 Å². The zero-order chi connectivity index (χ0) is 22.5. The first kappa shape index (κ1) is 21.9. The second kappa shape index (κ2) is 9.88. The SMILES string of the molecule is CCN1C(=O)C(=Cc2ccc(OCc3ccccc3)cc2)SC1=Nc1ccc(C)c(C)c1. The van der Waals surface area contributed by atoms with Crippen LogP contribution in [0.5, 0.6) is 5.75 Å². The normalized spacial score (nSPS) is 16.2. The Bertz CT molecular complexity index is 1170. The summed E-state index contributed by atoms with van der Waals surface area (Å²) in [4.78, 5) is 20.1. The quantitative estimate of drug-likeness (QED) is 0.409. The number of thioether (sulfide) groups is 1. The van der Waals surface area contributed by atoms with Crippen molar-refractivity contribution in [2.75, 3.05) is 6.54 Å². The summed E-state index contributed by atoms with van der Waals surface area (Å²) in [6.07, 6.45) is 1.92. The van der Waals surface area contributed by atoms with E-state index in [1.54, 1.807) is 4.90 Å². The van der Waals surface area contributed by atoms with Gasteiger partial charge in [0, 0.05) is 6.54 Å². The molecule has 0 aromatic heterocycles. The van der Waals surface area contributed by atoms with Crippen molar-refractivity contribution in [1.82, 2.24) is 4.90 Å². The van der Waals surface area contributed by atoms with Crippen LogP contribution in [0.1, 0.15) is 29.2 Å². The number of rotatable bonds is 6. The molecule has 3 aromatic carbocycles. The molecule has 4 rings (SSSR count). The van der Waals surface area contributed by atoms with E-state index >= 15 is 0 Å². The molecule has 0 bridgehead atoms. The Morgan fingerprint density at radius 2 is 1.72 bits per heavy atom. The van der Waals surface area contributed by atoms with Crippen molar-refractivity contribution in [3.63, 3.8) is 0 Å². The maximum Gasteiger partial charge on any atom is 0.266 e. The molecule has 0 aliphatic carbocycles. The van der Waals surface area contributed by atoms with Crippen molar-refractivity contribution in [2.45, 2.75) is 27.4 Å². The lowest BCUT2D eigenvalue weighted by molar-refractivity contribution is -0.122. The third-order valence-corrected chi connectivity index (χ3v) is 6.35. The first-order chi connectivity index (χ1) is 15.5. The summed E-state index contributed by atoms with van der Waals surface area (Å²) in [5.74, 6) is 0.790. The first-order valence-corrected chi connectivity index (χ1v) is 11.5. The molecule has 1 aliphatic heterocycles. The average Bonchev–Trinajstić information content (AvgIpc) is 3.10. The Balaban J connectivity index is 1.49. The number of ether oxygens (including phenoxy) is 1. The number of nitrogens with zero attached hydrogens (tertiary/aromatic N) is 2. The summed E-state index contributed by atoms with van der Waals surface area (Å²) >= 11 is 1.42. The number of amidine groups is 1. The molecular weight excluding hydrogens is 416 g/mol. The van der Waals surface area contributed by atoms with Crippen LogP contribution in [0.3, 0.4) is 0 Å². The lowest BCUT2D eigenvalue weighted by Crippen LogP contribution is -2.28. The highest BCUT2D eigenvalue weighted by Gasteiger charge is 2.32. The second-order valence-electron chi connectivity index (χ2n) is 7.67. The molecule has 1 fully saturated rings. The smallest absolute Gasteiger partial charge is 0.266 e. The predicted octanol–water partition coefficient (Wildman–Crippen LogP) is 6.51. The van der Waals surface area contributed by atoms with Gasteiger partial charge < -0.3 is 4.74 Å². The van der Waals surface area contributed by atoms with E-state index < -0.39 is 0 Å². The molecule has 0 atom stereocenters. The molecule has 1 amide bonds. The number of amides is 1. The highest BCUT2D eigenvalue weighted by molar-refractivity contribution is 8.18. The van der Waals surface area contributed by atoms with E-state index in [1.165, 1.54) is 22.9 Å². The minimum Gasteiger partial charge on any atom is -0.489 e. The molecule has 1 aliphatic rings. The van der Waals surface area contributed by atoms with Crippen molar-refractivity contribution in [1.29, 1.82) is 0 Å². The van der Waals surface area contributed by atoms with Crippen LogP contribution in [0, 0.1) is 13.8 Å². The number of aryl methyl sites for hydroxylation is 2. The van der Waals surface area contributed by atoms with Gasteiger partial charge in [-0.2, -0.15) is 0 Å². The van der Waals surface area contributed by atoms with Gasteiger partial charge in [0.05, 0.1) is 10.6 Å². The molecule has 1 heterocycles. The summed E-state index contributed by atoms with van der Waals surface area (Å²) in [5.41, 5.74) is 5.36. The van der Waals surface area contributed by atoms with Crippen LogP contribution < -0.4 is 4.74 Å². The summed E-state index contributed by atoms with van der Waals surface area (Å²) in [5, 5.41) is 0.717. The van der Waals surface area contributed by atoms with E-state index in [0.29, 0.717) is 18.1 Å². The molecular formula is C27H26N2O2S. The largest absolute Gasteiger partial charge is 0.489 e. The number of hydrogen-bond acceptors (Lipinski definition) is 4. The minimum absolute atomic E-state index is 0.00973. The number of carbonyl (C=O) groups excluding carboxylic acids is 1. The van der Waals surface area contributed by atoms with Gasteiger partial charge in [-0.25, -0.2) is 4.99 Å². The molecule has 5 heteroatoms. The van der Waals surface area contributed by atoms with Gasteiger partial charge in [-0.15, -0.1) is 0 Å². The van der Waals surface area contributed by atoms with Crippen LogP contribution in [0.25, 0.3) is 6.08 Å². The zero-order valence-corrected chi connectivity index (χ0v) is 19.4. The van der Waals surface area contributed by atoms with Gasteiger partial charge in [-0.05, 0) is 85.1 Å². The Hall–Kier alpha value is -3.31. The fourth-order valence-electron chi connectivity index (χ4n) is 3.33. The van der Waals surface area contributed by atoms with Crippen molar-refractivity contribution >= 4 is 34.6 Å². The minimum atomic E-state index is -0.00973. The highest BCUT2D eigenvalue weighted by Crippen LogP contribution is 2.34. The van der Waals surface area contributed by atoms with Gasteiger partial charge in [0.1, 0.15) is 12.4 Å². The van der Waals surface area contributed by atoms with Gasteiger partial charge in [0.25, 0.3) is 5.91 Å². The lowest BCUT2D eigenvalue weighted by Gasteiger charge is -2.12. The van der Waals surface area contributed by atoms with E-state index in [9.17, 15) is 4.79 Å². The van der Waals surface area contributed by atoms with Gasteiger partial charge >= 0.3 is 0 Å². The average molecular weight is 443 g/mol. The van der Waals surface area contributed by atoms with E-state index in [-0.39, 0.29) is 5.91 Å². The number of aliphatic imine (C=N–C) groups is 1. The predicted molar refractivity (Wildman–Crippen MR) is 133 cm³/mol. The third kappa shape index (κ3) is 5.11. The summed E-state index contributed by atoms with van der Waals surface area (Å²) in [6, 6.07) is 24.0. The standard InChI is InChI=1S/C27H26N2O2S/c1-4-29-26(30)25(32-27(29)28-23-13-10-19(2)20(3)16-23)17-21-11-14-24(15-12-21)31-18-22-8-6-5-7-9-22/h5-17H,4,18H2,1-3H3. The van der Waals surface area contributed by atoms with Crippen LogP contribution in [-0.2, 0) is 11.4 Å². The van der Waals surface area contributed by atoms with Crippen LogP contribution in [0.15, 0.2) is 82.7 Å². The van der Waals surface area contributed by atoms with E-state index in [2.05, 4.69) is 26.0 Å². The Kier molecular flexibility index (Phi) is 6.76. The Morgan fingerprint density at radius 3 is 2.41 bits per heavy atom. The number of benzene rings is 3. The highest BCUT2D eigenvalue weighted by atomic mass is 32.2. The van der Waals surface area contributed by atoms with Crippen LogP contribution in [0.2, 0.25) is 0 Å². The van der Waals surface area contributed by atoms with Crippen LogP contribution in [-0.4, -0.2) is 22.5 Å². The van der Waals surface area contributed by atoms with Gasteiger partial charge in [-0.3, -0.25) is 9.69 Å². The maximum absolute atomic E-state index is 12.9. The molecule has 32 heavy (non-hydrogen) atoms. The fraction of sp³-hybridized carbons (Fsp3) is 0.185. The van der Waals surface area contributed by atoms with E-state index in [4.69, 9.17) is 9.73 Å². The summed E-state index contributed by atoms with van der Waals surface area (Å²) < 4.78 is 5.85. The van der Waals surface area contributed by atoms with E-state index in [1.807, 2.05) is 73.7 Å². The molecule has 4 nitrogen and oxygen atoms in total. The molecule has 0 N–H and O–H groups in total. The van der Waals surface area contributed by atoms with Crippen LogP contribution >= 0.6 is 11.8 Å². The van der Waals surface area contributed by atoms with Gasteiger partial charge in [0.15, 0.2) is 5.17 Å². The van der Waals surface area contributed by atoms with Crippen molar-refractivity contribution in [3.8, 4) is 5.75 Å². The molecule has 1 saturated heterocycles. The lowest BCUT2D eigenvalue weighted by atomic mass is 10.1. The van der Waals surface area contributed by atoms with Crippen molar-refractivity contribution in [2.24, 2.45) is 4.99 Å². The molecule has 0 radical (unpaired) electrons. The maximum atomic E-state index is 12.9. The summed E-state index contributed by atoms with van der Waals surface area (Å²) in [6.45, 7) is 7.23. The number of carbonyl (C=O) groups is 1. The van der Waals surface area contributed by atoms with Crippen molar-refractivity contribution in [3.05, 3.63) is 100.0 Å². The Morgan fingerprint density at radius 1 is 0.969 bits per heavy atom. The fourth-order valence-corrected chi connectivity index (χ4v) is 4.39. The number of hydrogen-bond donors (Lipinski definition) is 0.